The van der Waals surface area contributed by atoms with Crippen LogP contribution in [0.2, 0.25) is 0 Å². The van der Waals surface area contributed by atoms with E-state index in [9.17, 15) is 4.79 Å². The van der Waals surface area contributed by atoms with Crippen LogP contribution in [-0.2, 0) is 4.79 Å². The van der Waals surface area contributed by atoms with E-state index >= 15 is 0 Å². The highest BCUT2D eigenvalue weighted by Crippen LogP contribution is 2.26. The molecule has 0 heterocycles. The summed E-state index contributed by atoms with van der Waals surface area (Å²) in [6, 6.07) is 7.59. The fourth-order valence-electron chi connectivity index (χ4n) is 2.12. The second kappa shape index (κ2) is 6.41. The highest BCUT2D eigenvalue weighted by molar-refractivity contribution is 5.98. The SMILES string of the molecule is CCN(C(=O)COc1cccc(C(C)=NO)c1)C1CC1. The first-order chi connectivity index (χ1) is 9.65. The summed E-state index contributed by atoms with van der Waals surface area (Å²) >= 11 is 0. The van der Waals surface area contributed by atoms with Crippen LogP contribution in [0, 0.1) is 0 Å². The van der Waals surface area contributed by atoms with Crippen LogP contribution in [0.1, 0.15) is 32.3 Å². The van der Waals surface area contributed by atoms with Gasteiger partial charge in [0.2, 0.25) is 0 Å². The van der Waals surface area contributed by atoms with Crippen molar-refractivity contribution in [2.24, 2.45) is 5.16 Å². The Bertz CT molecular complexity index is 510. The molecule has 1 aliphatic carbocycles. The number of benzene rings is 1. The fraction of sp³-hybridized carbons (Fsp3) is 0.467. The van der Waals surface area contributed by atoms with E-state index < -0.39 is 0 Å². The van der Waals surface area contributed by atoms with Gasteiger partial charge in [-0.05, 0) is 38.8 Å². The lowest BCUT2D eigenvalue weighted by atomic mass is 10.1. The van der Waals surface area contributed by atoms with Crippen molar-refractivity contribution in [3.05, 3.63) is 29.8 Å². The average Bonchev–Trinajstić information content (AvgIpc) is 3.30. The third kappa shape index (κ3) is 3.50. The number of carbonyl (C=O) groups is 1. The zero-order chi connectivity index (χ0) is 14.5. The molecule has 0 saturated heterocycles. The van der Waals surface area contributed by atoms with Crippen LogP contribution in [0.15, 0.2) is 29.4 Å². The average molecular weight is 276 g/mol. The minimum Gasteiger partial charge on any atom is -0.484 e. The third-order valence-electron chi connectivity index (χ3n) is 3.41. The predicted molar refractivity (Wildman–Crippen MR) is 76.3 cm³/mol. The maximum atomic E-state index is 12.0. The Morgan fingerprint density at radius 1 is 1.50 bits per heavy atom. The summed E-state index contributed by atoms with van der Waals surface area (Å²) in [7, 11) is 0. The number of nitrogens with zero attached hydrogens (tertiary/aromatic N) is 2. The molecular formula is C15H20N2O3. The minimum atomic E-state index is 0.0213. The molecule has 0 aromatic heterocycles. The Morgan fingerprint density at radius 3 is 2.85 bits per heavy atom. The van der Waals surface area contributed by atoms with E-state index in [2.05, 4.69) is 5.16 Å². The standard InChI is InChI=1S/C15H20N2O3/c1-3-17(13-7-8-13)15(18)10-20-14-6-4-5-12(9-14)11(2)16-19/h4-6,9,13,19H,3,7-8,10H2,1-2H3. The van der Waals surface area contributed by atoms with Crippen LogP contribution >= 0.6 is 0 Å². The van der Waals surface area contributed by atoms with Crippen LogP contribution in [-0.4, -0.2) is 40.9 Å². The maximum Gasteiger partial charge on any atom is 0.260 e. The molecule has 0 radical (unpaired) electrons. The van der Waals surface area contributed by atoms with Gasteiger partial charge < -0.3 is 14.8 Å². The van der Waals surface area contributed by atoms with Crippen molar-refractivity contribution < 1.29 is 14.7 Å². The zero-order valence-corrected chi connectivity index (χ0v) is 11.9. The molecule has 1 fully saturated rings. The molecule has 5 heteroatoms. The normalized spacial score (nSPS) is 15.0. The summed E-state index contributed by atoms with van der Waals surface area (Å²) in [5.41, 5.74) is 1.28. The summed E-state index contributed by atoms with van der Waals surface area (Å²) in [4.78, 5) is 13.9. The largest absolute Gasteiger partial charge is 0.484 e. The maximum absolute atomic E-state index is 12.0. The van der Waals surface area contributed by atoms with Crippen molar-refractivity contribution in [2.75, 3.05) is 13.2 Å². The first kappa shape index (κ1) is 14.4. The molecule has 5 nitrogen and oxygen atoms in total. The number of amides is 1. The Labute approximate surface area is 118 Å². The summed E-state index contributed by atoms with van der Waals surface area (Å²) in [6.45, 7) is 4.46. The van der Waals surface area contributed by atoms with Crippen molar-refractivity contribution in [2.45, 2.75) is 32.7 Å². The number of ether oxygens (including phenoxy) is 1. The van der Waals surface area contributed by atoms with Crippen molar-refractivity contribution in [1.29, 1.82) is 0 Å². The van der Waals surface area contributed by atoms with Crippen molar-refractivity contribution in [1.82, 2.24) is 4.90 Å². The summed E-state index contributed by atoms with van der Waals surface area (Å²) < 4.78 is 5.54. The van der Waals surface area contributed by atoms with Gasteiger partial charge in [-0.1, -0.05) is 17.3 Å². The highest BCUT2D eigenvalue weighted by Gasteiger charge is 2.31. The Morgan fingerprint density at radius 2 is 2.25 bits per heavy atom. The number of carbonyl (C=O) groups excluding carboxylic acids is 1. The van der Waals surface area contributed by atoms with Crippen LogP contribution in [0.4, 0.5) is 0 Å². The van der Waals surface area contributed by atoms with E-state index in [0.717, 1.165) is 24.9 Å². The number of oxime groups is 1. The lowest BCUT2D eigenvalue weighted by Gasteiger charge is -2.20. The molecule has 0 bridgehead atoms. The molecule has 0 atom stereocenters. The predicted octanol–water partition coefficient (Wildman–Crippen LogP) is 2.27. The van der Waals surface area contributed by atoms with Crippen LogP contribution in [0.3, 0.4) is 0 Å². The van der Waals surface area contributed by atoms with Gasteiger partial charge in [-0.25, -0.2) is 0 Å². The van der Waals surface area contributed by atoms with Crippen LogP contribution < -0.4 is 4.74 Å². The second-order valence-electron chi connectivity index (χ2n) is 4.91. The molecule has 20 heavy (non-hydrogen) atoms. The highest BCUT2D eigenvalue weighted by atomic mass is 16.5. The van der Waals surface area contributed by atoms with Gasteiger partial charge in [0.25, 0.3) is 5.91 Å². The molecule has 1 aliphatic rings. The minimum absolute atomic E-state index is 0.0213. The van der Waals surface area contributed by atoms with Crippen LogP contribution in [0.5, 0.6) is 5.75 Å². The van der Waals surface area contributed by atoms with Gasteiger partial charge in [0.15, 0.2) is 6.61 Å². The van der Waals surface area contributed by atoms with Crippen molar-refractivity contribution in [3.8, 4) is 5.75 Å². The molecule has 1 amide bonds. The quantitative estimate of drug-likeness (QED) is 0.492. The zero-order valence-electron chi connectivity index (χ0n) is 11.9. The molecule has 0 spiro atoms. The molecule has 2 rings (SSSR count). The van der Waals surface area contributed by atoms with E-state index in [1.807, 2.05) is 24.0 Å². The lowest BCUT2D eigenvalue weighted by Crippen LogP contribution is -2.36. The van der Waals surface area contributed by atoms with Gasteiger partial charge in [-0.15, -0.1) is 0 Å². The number of hydrogen-bond acceptors (Lipinski definition) is 4. The second-order valence-corrected chi connectivity index (χ2v) is 4.91. The van der Waals surface area contributed by atoms with Crippen molar-refractivity contribution in [3.63, 3.8) is 0 Å². The molecular weight excluding hydrogens is 256 g/mol. The van der Waals surface area contributed by atoms with Gasteiger partial charge in [0.05, 0.1) is 5.71 Å². The topological polar surface area (TPSA) is 62.1 Å². The first-order valence-electron chi connectivity index (χ1n) is 6.87. The van der Waals surface area contributed by atoms with Crippen molar-refractivity contribution >= 4 is 11.6 Å². The van der Waals surface area contributed by atoms with E-state index in [4.69, 9.17) is 9.94 Å². The number of rotatable bonds is 6. The molecule has 108 valence electrons. The monoisotopic (exact) mass is 276 g/mol. The van der Waals surface area contributed by atoms with Gasteiger partial charge in [0, 0.05) is 18.2 Å². The van der Waals surface area contributed by atoms with E-state index in [1.54, 1.807) is 19.1 Å². The molecule has 0 unspecified atom stereocenters. The van der Waals surface area contributed by atoms with E-state index in [1.165, 1.54) is 0 Å². The number of hydrogen-bond donors (Lipinski definition) is 1. The van der Waals surface area contributed by atoms with Gasteiger partial charge in [-0.3, -0.25) is 4.79 Å². The molecule has 1 saturated carbocycles. The lowest BCUT2D eigenvalue weighted by molar-refractivity contribution is -0.133. The van der Waals surface area contributed by atoms with Gasteiger partial charge in [-0.2, -0.15) is 0 Å². The summed E-state index contributed by atoms with van der Waals surface area (Å²) in [6.07, 6.45) is 2.20. The van der Waals surface area contributed by atoms with Gasteiger partial charge in [0.1, 0.15) is 5.75 Å². The molecule has 1 aromatic rings. The Kier molecular flexibility index (Phi) is 4.61. The molecule has 0 aliphatic heterocycles. The smallest absolute Gasteiger partial charge is 0.260 e. The summed E-state index contributed by atoms with van der Waals surface area (Å²) in [5.74, 6) is 0.624. The fourth-order valence-corrected chi connectivity index (χ4v) is 2.12. The Balaban J connectivity index is 1.95. The number of likely N-dealkylation sites (N-methyl/N-ethyl adjacent to an activating group) is 1. The summed E-state index contributed by atoms with van der Waals surface area (Å²) in [5, 5.41) is 11.9. The molecule has 1 aromatic carbocycles. The van der Waals surface area contributed by atoms with Crippen LogP contribution in [0.25, 0.3) is 0 Å². The third-order valence-corrected chi connectivity index (χ3v) is 3.41. The van der Waals surface area contributed by atoms with E-state index in [0.29, 0.717) is 17.5 Å². The van der Waals surface area contributed by atoms with E-state index in [-0.39, 0.29) is 12.5 Å². The Hall–Kier alpha value is -2.04. The first-order valence-corrected chi connectivity index (χ1v) is 6.87. The molecule has 1 N–H and O–H groups in total. The van der Waals surface area contributed by atoms with Gasteiger partial charge >= 0.3 is 0 Å².